The number of nitro benzene ring substituents is 1. The number of nitrogens with zero attached hydrogens (tertiary/aromatic N) is 3. The van der Waals surface area contributed by atoms with Gasteiger partial charge in [0.1, 0.15) is 0 Å². The number of halogens is 1. The molecule has 1 aromatic heterocycles. The lowest BCUT2D eigenvalue weighted by molar-refractivity contribution is -0.384. The monoisotopic (exact) mass is 463 g/mol. The fourth-order valence-corrected chi connectivity index (χ4v) is 2.95. The predicted octanol–water partition coefficient (Wildman–Crippen LogP) is 4.80. The first-order chi connectivity index (χ1) is 15.9. The maximum atomic E-state index is 12.6. The molecular weight excluding hydrogens is 450 g/mol. The Morgan fingerprint density at radius 3 is 2.27 bits per heavy atom. The molecule has 164 valence electrons. The molecule has 0 unspecified atom stereocenters. The van der Waals surface area contributed by atoms with Crippen LogP contribution >= 0.6 is 11.6 Å². The quantitative estimate of drug-likeness (QED) is 0.309. The Bertz CT molecular complexity index is 1340. The van der Waals surface area contributed by atoms with Crippen molar-refractivity contribution >= 4 is 40.8 Å². The molecule has 0 saturated heterocycles. The van der Waals surface area contributed by atoms with Crippen LogP contribution in [0.1, 0.15) is 20.7 Å². The Hall–Kier alpha value is -4.57. The summed E-state index contributed by atoms with van der Waals surface area (Å²) in [6.07, 6.45) is 0. The third kappa shape index (κ3) is 5.20. The maximum absolute atomic E-state index is 12.6. The van der Waals surface area contributed by atoms with Crippen LogP contribution in [-0.2, 0) is 0 Å². The van der Waals surface area contributed by atoms with Crippen molar-refractivity contribution in [1.29, 1.82) is 0 Å². The minimum atomic E-state index is -0.531. The molecule has 1 heterocycles. The number of benzene rings is 3. The zero-order chi connectivity index (χ0) is 23.4. The highest BCUT2D eigenvalue weighted by atomic mass is 35.5. The third-order valence-corrected chi connectivity index (χ3v) is 4.71. The predicted molar refractivity (Wildman–Crippen MR) is 120 cm³/mol. The summed E-state index contributed by atoms with van der Waals surface area (Å²) in [7, 11) is 0. The van der Waals surface area contributed by atoms with Crippen molar-refractivity contribution in [2.45, 2.75) is 0 Å². The molecule has 0 bridgehead atoms. The van der Waals surface area contributed by atoms with Crippen LogP contribution in [0.3, 0.4) is 0 Å². The third-order valence-electron chi connectivity index (χ3n) is 4.46. The summed E-state index contributed by atoms with van der Waals surface area (Å²) in [4.78, 5) is 35.2. The molecule has 0 aliphatic heterocycles. The molecule has 0 spiro atoms. The number of carbonyl (C=O) groups excluding carboxylic acids is 2. The molecule has 0 aliphatic carbocycles. The van der Waals surface area contributed by atoms with E-state index in [-0.39, 0.29) is 29.1 Å². The van der Waals surface area contributed by atoms with E-state index >= 15 is 0 Å². The van der Waals surface area contributed by atoms with E-state index in [2.05, 4.69) is 20.8 Å². The van der Waals surface area contributed by atoms with Crippen LogP contribution in [0.4, 0.5) is 17.4 Å². The molecule has 0 radical (unpaired) electrons. The van der Waals surface area contributed by atoms with Crippen LogP contribution in [0.15, 0.2) is 77.2 Å². The Balaban J connectivity index is 1.43. The van der Waals surface area contributed by atoms with Gasteiger partial charge in [-0.1, -0.05) is 22.8 Å². The van der Waals surface area contributed by atoms with Gasteiger partial charge in [0.2, 0.25) is 5.89 Å². The minimum absolute atomic E-state index is 0.0742. The SMILES string of the molecule is O=C(Nc1cccc(C(=O)Nc2nnc(-c3ccc([N+](=O)[O-])cc3)o2)c1)c1ccc(Cl)cc1. The number of non-ortho nitro benzene ring substituents is 1. The van der Waals surface area contributed by atoms with Crippen molar-refractivity contribution in [1.82, 2.24) is 10.2 Å². The second-order valence-corrected chi connectivity index (χ2v) is 7.15. The molecule has 4 aromatic rings. The standard InChI is InChI=1S/C22H14ClN5O5/c23-16-8-4-13(5-9-16)19(29)24-17-3-1-2-15(12-17)20(30)25-22-27-26-21(33-22)14-6-10-18(11-7-14)28(31)32/h1-12H,(H,24,29)(H,25,27,30). The molecule has 33 heavy (non-hydrogen) atoms. The minimum Gasteiger partial charge on any atom is -0.403 e. The number of hydrogen-bond acceptors (Lipinski definition) is 7. The van der Waals surface area contributed by atoms with E-state index in [9.17, 15) is 19.7 Å². The summed E-state index contributed by atoms with van der Waals surface area (Å²) in [6.45, 7) is 0. The lowest BCUT2D eigenvalue weighted by atomic mass is 10.1. The number of amides is 2. The van der Waals surface area contributed by atoms with E-state index in [0.717, 1.165) is 0 Å². The summed E-state index contributed by atoms with van der Waals surface area (Å²) in [5.41, 5.74) is 1.47. The highest BCUT2D eigenvalue weighted by Crippen LogP contribution is 2.23. The number of rotatable bonds is 6. The van der Waals surface area contributed by atoms with Gasteiger partial charge in [0.25, 0.3) is 17.5 Å². The number of nitrogens with one attached hydrogen (secondary N) is 2. The van der Waals surface area contributed by atoms with Crippen molar-refractivity contribution in [3.63, 3.8) is 0 Å². The fourth-order valence-electron chi connectivity index (χ4n) is 2.83. The van der Waals surface area contributed by atoms with Crippen molar-refractivity contribution in [2.24, 2.45) is 0 Å². The average Bonchev–Trinajstić information content (AvgIpc) is 3.28. The van der Waals surface area contributed by atoms with Gasteiger partial charge >= 0.3 is 6.01 Å². The number of hydrogen-bond donors (Lipinski definition) is 2. The Labute approximate surface area is 191 Å². The van der Waals surface area contributed by atoms with Crippen molar-refractivity contribution in [2.75, 3.05) is 10.6 Å². The van der Waals surface area contributed by atoms with Crippen molar-refractivity contribution in [3.05, 3.63) is 99.1 Å². The van der Waals surface area contributed by atoms with Gasteiger partial charge in [-0.05, 0) is 54.6 Å². The molecule has 0 aliphatic rings. The number of nitro groups is 1. The zero-order valence-corrected chi connectivity index (χ0v) is 17.4. The molecule has 0 atom stereocenters. The molecule has 3 aromatic carbocycles. The van der Waals surface area contributed by atoms with Crippen molar-refractivity contribution < 1.29 is 18.9 Å². The van der Waals surface area contributed by atoms with Crippen LogP contribution in [0.5, 0.6) is 0 Å². The van der Waals surface area contributed by atoms with E-state index in [0.29, 0.717) is 21.8 Å². The summed E-state index contributed by atoms with van der Waals surface area (Å²) in [5.74, 6) is -0.797. The van der Waals surface area contributed by atoms with Crippen LogP contribution in [0, 0.1) is 10.1 Å². The first-order valence-corrected chi connectivity index (χ1v) is 9.83. The molecule has 0 saturated carbocycles. The maximum Gasteiger partial charge on any atom is 0.322 e. The Morgan fingerprint density at radius 1 is 0.879 bits per heavy atom. The molecule has 0 fully saturated rings. The summed E-state index contributed by atoms with van der Waals surface area (Å²) in [6, 6.07) is 18.1. The normalized spacial score (nSPS) is 10.5. The van der Waals surface area contributed by atoms with Gasteiger partial charge in [-0.3, -0.25) is 25.0 Å². The van der Waals surface area contributed by atoms with E-state index in [1.54, 1.807) is 42.5 Å². The largest absolute Gasteiger partial charge is 0.403 e. The van der Waals surface area contributed by atoms with Gasteiger partial charge in [0.15, 0.2) is 0 Å². The van der Waals surface area contributed by atoms with Gasteiger partial charge in [-0.15, -0.1) is 5.10 Å². The first kappa shape index (κ1) is 21.7. The van der Waals surface area contributed by atoms with Gasteiger partial charge in [0, 0.05) is 39.5 Å². The summed E-state index contributed by atoms with van der Waals surface area (Å²) in [5, 5.41) is 24.1. The highest BCUT2D eigenvalue weighted by molar-refractivity contribution is 6.30. The summed E-state index contributed by atoms with van der Waals surface area (Å²) < 4.78 is 5.42. The lowest BCUT2D eigenvalue weighted by Gasteiger charge is -2.07. The molecular formula is C22H14ClN5O5. The second-order valence-electron chi connectivity index (χ2n) is 6.71. The molecule has 10 nitrogen and oxygen atoms in total. The molecule has 2 N–H and O–H groups in total. The van der Waals surface area contributed by atoms with Crippen LogP contribution in [0.2, 0.25) is 5.02 Å². The summed E-state index contributed by atoms with van der Waals surface area (Å²) >= 11 is 5.83. The van der Waals surface area contributed by atoms with Crippen LogP contribution < -0.4 is 10.6 Å². The second kappa shape index (κ2) is 9.28. The highest BCUT2D eigenvalue weighted by Gasteiger charge is 2.15. The van der Waals surface area contributed by atoms with Crippen LogP contribution in [0.25, 0.3) is 11.5 Å². The van der Waals surface area contributed by atoms with Crippen molar-refractivity contribution in [3.8, 4) is 11.5 Å². The van der Waals surface area contributed by atoms with E-state index in [4.69, 9.17) is 16.0 Å². The average molecular weight is 464 g/mol. The fraction of sp³-hybridized carbons (Fsp3) is 0. The van der Waals surface area contributed by atoms with Gasteiger partial charge < -0.3 is 9.73 Å². The zero-order valence-electron chi connectivity index (χ0n) is 16.7. The lowest BCUT2D eigenvalue weighted by Crippen LogP contribution is -2.14. The van der Waals surface area contributed by atoms with E-state index in [1.807, 2.05) is 0 Å². The first-order valence-electron chi connectivity index (χ1n) is 9.46. The van der Waals surface area contributed by atoms with Gasteiger partial charge in [0.05, 0.1) is 4.92 Å². The number of anilines is 2. The van der Waals surface area contributed by atoms with E-state index < -0.39 is 10.8 Å². The van der Waals surface area contributed by atoms with Crippen LogP contribution in [-0.4, -0.2) is 26.9 Å². The molecule has 2 amide bonds. The Morgan fingerprint density at radius 2 is 1.58 bits per heavy atom. The van der Waals surface area contributed by atoms with Gasteiger partial charge in [-0.25, -0.2) is 0 Å². The molecule has 11 heteroatoms. The van der Waals surface area contributed by atoms with Gasteiger partial charge in [-0.2, -0.15) is 0 Å². The van der Waals surface area contributed by atoms with E-state index in [1.165, 1.54) is 30.3 Å². The molecule has 4 rings (SSSR count). The topological polar surface area (TPSA) is 140 Å². The number of carbonyl (C=O) groups is 2. The number of aromatic nitrogens is 2. The Kier molecular flexibility index (Phi) is 6.09. The smallest absolute Gasteiger partial charge is 0.322 e.